The minimum absolute atomic E-state index is 0.115. The number of hydrogen-bond donors (Lipinski definition) is 1. The summed E-state index contributed by atoms with van der Waals surface area (Å²) < 4.78 is 2.46. The van der Waals surface area contributed by atoms with Crippen molar-refractivity contribution < 1.29 is 4.79 Å². The number of rotatable bonds is 5. The Kier molecular flexibility index (Phi) is 5.49. The second-order valence-corrected chi connectivity index (χ2v) is 7.11. The second-order valence-electron chi connectivity index (χ2n) is 6.19. The van der Waals surface area contributed by atoms with E-state index in [9.17, 15) is 9.59 Å². The molecule has 7 heteroatoms. The largest absolute Gasteiger partial charge is 0.325 e. The number of nitrogens with zero attached hydrogens (tertiary/aromatic N) is 3. The number of pyridine rings is 1. The Morgan fingerprint density at radius 2 is 2.08 bits per heavy atom. The van der Waals surface area contributed by atoms with Gasteiger partial charge in [0.2, 0.25) is 5.91 Å². The highest BCUT2D eigenvalue weighted by Crippen LogP contribution is 2.19. The Balaban J connectivity index is 1.66. The summed E-state index contributed by atoms with van der Waals surface area (Å²) in [7, 11) is 1.82. The molecule has 0 aliphatic rings. The van der Waals surface area contributed by atoms with Crippen LogP contribution in [0.3, 0.4) is 0 Å². The van der Waals surface area contributed by atoms with E-state index in [-0.39, 0.29) is 18.0 Å². The Bertz CT molecular complexity index is 1020. The van der Waals surface area contributed by atoms with E-state index in [1.807, 2.05) is 43.1 Å². The van der Waals surface area contributed by atoms with Gasteiger partial charge in [-0.25, -0.2) is 4.98 Å². The summed E-state index contributed by atoms with van der Waals surface area (Å²) in [6, 6.07) is 12.6. The normalized spacial score (nSPS) is 11.1. The number of amides is 1. The number of likely N-dealkylation sites (N-methyl/N-ethyl adjacent to an activating group) is 1. The maximum absolute atomic E-state index is 12.3. The van der Waals surface area contributed by atoms with Crippen molar-refractivity contribution in [2.45, 2.75) is 13.5 Å². The van der Waals surface area contributed by atoms with Crippen molar-refractivity contribution in [1.29, 1.82) is 0 Å². The van der Waals surface area contributed by atoms with Gasteiger partial charge in [-0.05, 0) is 49.9 Å². The molecule has 0 aliphatic heterocycles. The summed E-state index contributed by atoms with van der Waals surface area (Å²) >= 11 is 3.41. The highest BCUT2D eigenvalue weighted by molar-refractivity contribution is 9.10. The van der Waals surface area contributed by atoms with Gasteiger partial charge in [-0.3, -0.25) is 18.9 Å². The van der Waals surface area contributed by atoms with Crippen LogP contribution in [0.1, 0.15) is 11.3 Å². The molecule has 0 fully saturated rings. The zero-order chi connectivity index (χ0) is 18.7. The first-order valence-electron chi connectivity index (χ1n) is 8.14. The number of hydrogen-bond acceptors (Lipinski definition) is 4. The molecule has 1 N–H and O–H groups in total. The van der Waals surface area contributed by atoms with Gasteiger partial charge in [0.25, 0.3) is 5.56 Å². The van der Waals surface area contributed by atoms with Gasteiger partial charge in [0.15, 0.2) is 0 Å². The van der Waals surface area contributed by atoms with Crippen LogP contribution in [0, 0.1) is 6.92 Å². The molecule has 134 valence electrons. The molecule has 0 saturated heterocycles. The minimum atomic E-state index is -0.131. The van der Waals surface area contributed by atoms with Crippen LogP contribution < -0.4 is 10.9 Å². The van der Waals surface area contributed by atoms with Crippen molar-refractivity contribution in [2.75, 3.05) is 18.9 Å². The van der Waals surface area contributed by atoms with Crippen molar-refractivity contribution >= 4 is 33.2 Å². The lowest BCUT2D eigenvalue weighted by atomic mass is 10.2. The standard InChI is InChI=1S/C19H19BrN4O2/c1-13-9-14(20)6-7-16(13)22-18(25)12-23(2)11-15-10-19(26)24-8-4-3-5-17(24)21-15/h3-10H,11-12H2,1-2H3,(H,22,25). The second kappa shape index (κ2) is 7.80. The monoisotopic (exact) mass is 414 g/mol. The highest BCUT2D eigenvalue weighted by atomic mass is 79.9. The van der Waals surface area contributed by atoms with Crippen LogP contribution in [0.25, 0.3) is 5.65 Å². The smallest absolute Gasteiger partial charge is 0.258 e. The molecular weight excluding hydrogens is 396 g/mol. The predicted octanol–water partition coefficient (Wildman–Crippen LogP) is 2.84. The first-order valence-corrected chi connectivity index (χ1v) is 8.93. The van der Waals surface area contributed by atoms with Crippen LogP contribution in [0.15, 0.2) is 57.9 Å². The molecule has 3 aromatic rings. The van der Waals surface area contributed by atoms with E-state index >= 15 is 0 Å². The Morgan fingerprint density at radius 3 is 2.85 bits per heavy atom. The van der Waals surface area contributed by atoms with E-state index in [2.05, 4.69) is 26.2 Å². The first kappa shape index (κ1) is 18.3. The molecule has 6 nitrogen and oxygen atoms in total. The highest BCUT2D eigenvalue weighted by Gasteiger charge is 2.11. The number of benzene rings is 1. The summed E-state index contributed by atoms with van der Waals surface area (Å²) in [5.74, 6) is -0.115. The number of aryl methyl sites for hydroxylation is 1. The van der Waals surface area contributed by atoms with E-state index in [1.54, 1.807) is 18.3 Å². The van der Waals surface area contributed by atoms with Gasteiger partial charge in [-0.2, -0.15) is 0 Å². The molecule has 0 bridgehead atoms. The molecule has 0 radical (unpaired) electrons. The molecule has 0 atom stereocenters. The number of aromatic nitrogens is 2. The third-order valence-electron chi connectivity index (χ3n) is 3.93. The number of fused-ring (bicyclic) bond motifs is 1. The predicted molar refractivity (Wildman–Crippen MR) is 105 cm³/mol. The average molecular weight is 415 g/mol. The molecule has 1 amide bonds. The quantitative estimate of drug-likeness (QED) is 0.696. The maximum Gasteiger partial charge on any atom is 0.258 e. The van der Waals surface area contributed by atoms with E-state index in [0.717, 1.165) is 15.7 Å². The van der Waals surface area contributed by atoms with E-state index in [4.69, 9.17) is 0 Å². The third kappa shape index (κ3) is 4.36. The lowest BCUT2D eigenvalue weighted by molar-refractivity contribution is -0.117. The van der Waals surface area contributed by atoms with Crippen LogP contribution in [0.5, 0.6) is 0 Å². The zero-order valence-corrected chi connectivity index (χ0v) is 16.2. The van der Waals surface area contributed by atoms with Crippen LogP contribution in [0.4, 0.5) is 5.69 Å². The van der Waals surface area contributed by atoms with E-state index in [0.29, 0.717) is 17.9 Å². The number of halogens is 1. The van der Waals surface area contributed by atoms with Gasteiger partial charge in [0, 0.05) is 29.0 Å². The van der Waals surface area contributed by atoms with Crippen LogP contribution >= 0.6 is 15.9 Å². The number of carbonyl (C=O) groups excluding carboxylic acids is 1. The van der Waals surface area contributed by atoms with Gasteiger partial charge in [0.1, 0.15) is 5.65 Å². The molecule has 0 spiro atoms. The van der Waals surface area contributed by atoms with Gasteiger partial charge in [-0.15, -0.1) is 0 Å². The van der Waals surface area contributed by atoms with Crippen molar-refractivity contribution in [2.24, 2.45) is 0 Å². The lowest BCUT2D eigenvalue weighted by Gasteiger charge is -2.16. The fraction of sp³-hybridized carbons (Fsp3) is 0.211. The molecule has 0 aliphatic carbocycles. The summed E-state index contributed by atoms with van der Waals surface area (Å²) in [6.45, 7) is 2.55. The molecule has 3 rings (SSSR count). The molecule has 1 aromatic carbocycles. The van der Waals surface area contributed by atoms with Crippen molar-refractivity contribution in [3.8, 4) is 0 Å². The molecule has 0 unspecified atom stereocenters. The summed E-state index contributed by atoms with van der Waals surface area (Å²) in [6.07, 6.45) is 1.69. The topological polar surface area (TPSA) is 66.7 Å². The van der Waals surface area contributed by atoms with Gasteiger partial charge in [0.05, 0.1) is 12.2 Å². The number of nitrogens with one attached hydrogen (secondary N) is 1. The maximum atomic E-state index is 12.3. The molecule has 26 heavy (non-hydrogen) atoms. The lowest BCUT2D eigenvalue weighted by Crippen LogP contribution is -2.31. The van der Waals surface area contributed by atoms with Gasteiger partial charge in [-0.1, -0.05) is 22.0 Å². The summed E-state index contributed by atoms with van der Waals surface area (Å²) in [5, 5.41) is 2.91. The van der Waals surface area contributed by atoms with Crippen molar-refractivity contribution in [1.82, 2.24) is 14.3 Å². The Labute approximate surface area is 159 Å². The van der Waals surface area contributed by atoms with Crippen molar-refractivity contribution in [3.63, 3.8) is 0 Å². The van der Waals surface area contributed by atoms with Crippen LogP contribution in [-0.2, 0) is 11.3 Å². The molecule has 2 aromatic heterocycles. The zero-order valence-electron chi connectivity index (χ0n) is 14.6. The molecule has 0 saturated carbocycles. The third-order valence-corrected chi connectivity index (χ3v) is 4.43. The average Bonchev–Trinajstić information content (AvgIpc) is 2.57. The fourth-order valence-corrected chi connectivity index (χ4v) is 3.19. The summed E-state index contributed by atoms with van der Waals surface area (Å²) in [5.41, 5.74) is 2.87. The molecule has 2 heterocycles. The van der Waals surface area contributed by atoms with Crippen molar-refractivity contribution in [3.05, 3.63) is 74.7 Å². The first-order chi connectivity index (χ1) is 12.4. The Morgan fingerprint density at radius 1 is 1.27 bits per heavy atom. The number of carbonyl (C=O) groups is 1. The van der Waals surface area contributed by atoms with Gasteiger partial charge < -0.3 is 5.32 Å². The SMILES string of the molecule is Cc1cc(Br)ccc1NC(=O)CN(C)Cc1cc(=O)n2ccccc2n1. The van der Waals surface area contributed by atoms with E-state index < -0.39 is 0 Å². The number of anilines is 1. The van der Waals surface area contributed by atoms with Gasteiger partial charge >= 0.3 is 0 Å². The minimum Gasteiger partial charge on any atom is -0.325 e. The fourth-order valence-electron chi connectivity index (χ4n) is 2.72. The summed E-state index contributed by atoms with van der Waals surface area (Å²) in [4.78, 5) is 30.7. The van der Waals surface area contributed by atoms with E-state index in [1.165, 1.54) is 10.5 Å². The Hall–Kier alpha value is -2.51. The molecular formula is C19H19BrN4O2. The van der Waals surface area contributed by atoms with Crippen LogP contribution in [-0.4, -0.2) is 33.8 Å². The van der Waals surface area contributed by atoms with Crippen LogP contribution in [0.2, 0.25) is 0 Å².